The molecule has 84 valence electrons. The predicted molar refractivity (Wildman–Crippen MR) is 59.8 cm³/mol. The van der Waals surface area contributed by atoms with Crippen molar-refractivity contribution in [1.82, 2.24) is 9.78 Å². The van der Waals surface area contributed by atoms with E-state index in [-0.39, 0.29) is 12.1 Å². The summed E-state index contributed by atoms with van der Waals surface area (Å²) >= 11 is 0. The van der Waals surface area contributed by atoms with Gasteiger partial charge in [0, 0.05) is 6.20 Å². The lowest BCUT2D eigenvalue weighted by molar-refractivity contribution is 0.0694. The average Bonchev–Trinajstić information content (AvgIpc) is 2.67. The van der Waals surface area contributed by atoms with Crippen molar-refractivity contribution < 1.29 is 5.11 Å². The van der Waals surface area contributed by atoms with E-state index in [0.29, 0.717) is 5.92 Å². The Morgan fingerprint density at radius 2 is 2.13 bits per heavy atom. The molecule has 3 heteroatoms. The molecule has 1 fully saturated rings. The Morgan fingerprint density at radius 3 is 2.73 bits per heavy atom. The maximum atomic E-state index is 9.91. The number of nitrogens with zero attached hydrogens (tertiary/aromatic N) is 2. The summed E-state index contributed by atoms with van der Waals surface area (Å²) < 4.78 is 1.96. The molecule has 2 rings (SSSR count). The minimum atomic E-state index is -0.210. The molecule has 2 unspecified atom stereocenters. The number of aliphatic hydroxyl groups excluding tert-OH is 1. The van der Waals surface area contributed by atoms with Gasteiger partial charge in [-0.05, 0) is 24.3 Å². The van der Waals surface area contributed by atoms with Crippen molar-refractivity contribution in [1.29, 1.82) is 0 Å². The summed E-state index contributed by atoms with van der Waals surface area (Å²) in [5, 5.41) is 14.3. The van der Waals surface area contributed by atoms with E-state index in [2.05, 4.69) is 25.1 Å². The zero-order chi connectivity index (χ0) is 10.8. The largest absolute Gasteiger partial charge is 0.391 e. The Labute approximate surface area is 91.1 Å². The van der Waals surface area contributed by atoms with Gasteiger partial charge in [-0.1, -0.05) is 26.7 Å². The average molecular weight is 208 g/mol. The molecule has 1 aromatic heterocycles. The van der Waals surface area contributed by atoms with E-state index < -0.39 is 0 Å². The van der Waals surface area contributed by atoms with Gasteiger partial charge in [-0.15, -0.1) is 0 Å². The predicted octanol–water partition coefficient (Wildman–Crippen LogP) is 2.48. The summed E-state index contributed by atoms with van der Waals surface area (Å²) in [5.74, 6) is 0.513. The van der Waals surface area contributed by atoms with Gasteiger partial charge in [0.1, 0.15) is 0 Å². The summed E-state index contributed by atoms with van der Waals surface area (Å²) in [6.07, 6.45) is 8.13. The molecule has 15 heavy (non-hydrogen) atoms. The normalized spacial score (nSPS) is 27.2. The van der Waals surface area contributed by atoms with E-state index in [1.165, 1.54) is 12.0 Å². The summed E-state index contributed by atoms with van der Waals surface area (Å²) in [6, 6.07) is 0.200. The quantitative estimate of drug-likeness (QED) is 0.810. The molecule has 0 spiro atoms. The van der Waals surface area contributed by atoms with E-state index in [0.717, 1.165) is 19.3 Å². The standard InChI is InChI=1S/C12H20N2O/c1-9(2)10-7-13-14(8-10)11-5-3-4-6-12(11)15/h7-9,11-12,15H,3-6H2,1-2H3. The molecule has 0 aromatic carbocycles. The van der Waals surface area contributed by atoms with Crippen LogP contribution in [0.3, 0.4) is 0 Å². The minimum Gasteiger partial charge on any atom is -0.391 e. The molecular formula is C12H20N2O. The molecule has 0 saturated heterocycles. The molecule has 0 amide bonds. The smallest absolute Gasteiger partial charge is 0.0778 e. The highest BCUT2D eigenvalue weighted by Crippen LogP contribution is 2.28. The summed E-state index contributed by atoms with van der Waals surface area (Å²) in [7, 11) is 0. The van der Waals surface area contributed by atoms with Gasteiger partial charge < -0.3 is 5.11 Å². The highest BCUT2D eigenvalue weighted by molar-refractivity contribution is 5.09. The van der Waals surface area contributed by atoms with Crippen molar-refractivity contribution >= 4 is 0 Å². The second-order valence-corrected chi connectivity index (χ2v) is 4.83. The van der Waals surface area contributed by atoms with Crippen molar-refractivity contribution in [3.63, 3.8) is 0 Å². The van der Waals surface area contributed by atoms with Crippen LogP contribution in [-0.4, -0.2) is 21.0 Å². The summed E-state index contributed by atoms with van der Waals surface area (Å²) in [6.45, 7) is 4.33. The van der Waals surface area contributed by atoms with E-state index in [1.807, 2.05) is 10.9 Å². The molecule has 1 aromatic rings. The first-order chi connectivity index (χ1) is 7.18. The second kappa shape index (κ2) is 4.35. The maximum absolute atomic E-state index is 9.91. The molecule has 0 radical (unpaired) electrons. The Balaban J connectivity index is 2.13. The molecule has 1 saturated carbocycles. The molecule has 3 nitrogen and oxygen atoms in total. The van der Waals surface area contributed by atoms with Crippen LogP contribution in [0, 0.1) is 0 Å². The van der Waals surface area contributed by atoms with Crippen molar-refractivity contribution in [2.24, 2.45) is 0 Å². The molecule has 1 aliphatic rings. The third-order valence-corrected chi connectivity index (χ3v) is 3.32. The van der Waals surface area contributed by atoms with Gasteiger partial charge in [0.15, 0.2) is 0 Å². The van der Waals surface area contributed by atoms with Gasteiger partial charge in [0.2, 0.25) is 0 Å². The number of hydrogen-bond donors (Lipinski definition) is 1. The van der Waals surface area contributed by atoms with Crippen LogP contribution in [0.2, 0.25) is 0 Å². The number of aromatic nitrogens is 2. The third kappa shape index (κ3) is 2.23. The lowest BCUT2D eigenvalue weighted by atomic mass is 9.93. The summed E-state index contributed by atoms with van der Waals surface area (Å²) in [4.78, 5) is 0. The monoisotopic (exact) mass is 208 g/mol. The number of aliphatic hydroxyl groups is 1. The maximum Gasteiger partial charge on any atom is 0.0778 e. The zero-order valence-corrected chi connectivity index (χ0v) is 9.56. The fourth-order valence-electron chi connectivity index (χ4n) is 2.23. The molecule has 2 atom stereocenters. The number of rotatable bonds is 2. The first-order valence-electron chi connectivity index (χ1n) is 5.90. The first kappa shape index (κ1) is 10.7. The highest BCUT2D eigenvalue weighted by atomic mass is 16.3. The Kier molecular flexibility index (Phi) is 3.10. The van der Waals surface area contributed by atoms with Gasteiger partial charge >= 0.3 is 0 Å². The molecule has 0 aliphatic heterocycles. The Hall–Kier alpha value is -0.830. The minimum absolute atomic E-state index is 0.200. The van der Waals surface area contributed by atoms with Crippen LogP contribution in [0.5, 0.6) is 0 Å². The van der Waals surface area contributed by atoms with Gasteiger partial charge in [0.25, 0.3) is 0 Å². The van der Waals surface area contributed by atoms with Crippen LogP contribution in [0.15, 0.2) is 12.4 Å². The van der Waals surface area contributed by atoms with E-state index >= 15 is 0 Å². The van der Waals surface area contributed by atoms with Crippen LogP contribution >= 0.6 is 0 Å². The fourth-order valence-corrected chi connectivity index (χ4v) is 2.23. The van der Waals surface area contributed by atoms with Gasteiger partial charge in [-0.2, -0.15) is 5.10 Å². The number of hydrogen-bond acceptors (Lipinski definition) is 2. The Morgan fingerprint density at radius 1 is 1.40 bits per heavy atom. The van der Waals surface area contributed by atoms with Crippen LogP contribution in [0.4, 0.5) is 0 Å². The lowest BCUT2D eigenvalue weighted by Crippen LogP contribution is -2.27. The van der Waals surface area contributed by atoms with Gasteiger partial charge in [0.05, 0.1) is 18.3 Å². The van der Waals surface area contributed by atoms with Gasteiger partial charge in [-0.25, -0.2) is 0 Å². The Bertz CT molecular complexity index is 319. The molecule has 1 N–H and O–H groups in total. The first-order valence-corrected chi connectivity index (χ1v) is 5.90. The van der Waals surface area contributed by atoms with Crippen LogP contribution in [0.25, 0.3) is 0 Å². The third-order valence-electron chi connectivity index (χ3n) is 3.32. The lowest BCUT2D eigenvalue weighted by Gasteiger charge is -2.27. The van der Waals surface area contributed by atoms with Gasteiger partial charge in [-0.3, -0.25) is 4.68 Å². The van der Waals surface area contributed by atoms with E-state index in [4.69, 9.17) is 0 Å². The van der Waals surface area contributed by atoms with Crippen LogP contribution in [0.1, 0.15) is 57.1 Å². The molecular weight excluding hydrogens is 188 g/mol. The highest BCUT2D eigenvalue weighted by Gasteiger charge is 2.25. The van der Waals surface area contributed by atoms with E-state index in [9.17, 15) is 5.11 Å². The molecule has 1 heterocycles. The van der Waals surface area contributed by atoms with Crippen molar-refractivity contribution in [2.75, 3.05) is 0 Å². The van der Waals surface area contributed by atoms with E-state index in [1.54, 1.807) is 0 Å². The van der Waals surface area contributed by atoms with Crippen molar-refractivity contribution in [2.45, 2.75) is 57.6 Å². The van der Waals surface area contributed by atoms with Crippen LogP contribution < -0.4 is 0 Å². The van der Waals surface area contributed by atoms with Crippen molar-refractivity contribution in [3.8, 4) is 0 Å². The van der Waals surface area contributed by atoms with Crippen LogP contribution in [-0.2, 0) is 0 Å². The fraction of sp³-hybridized carbons (Fsp3) is 0.750. The van der Waals surface area contributed by atoms with Crippen molar-refractivity contribution in [3.05, 3.63) is 18.0 Å². The zero-order valence-electron chi connectivity index (χ0n) is 9.56. The topological polar surface area (TPSA) is 38.0 Å². The molecule has 0 bridgehead atoms. The second-order valence-electron chi connectivity index (χ2n) is 4.83. The summed E-state index contributed by atoms with van der Waals surface area (Å²) in [5.41, 5.74) is 1.26. The molecule has 1 aliphatic carbocycles. The SMILES string of the molecule is CC(C)c1cnn(C2CCCCC2O)c1.